The Labute approximate surface area is 123 Å². The van der Waals surface area contributed by atoms with E-state index < -0.39 is 0 Å². The molecule has 1 aromatic carbocycles. The molecule has 0 fully saturated rings. The van der Waals surface area contributed by atoms with Gasteiger partial charge in [-0.2, -0.15) is 0 Å². The molecule has 0 bridgehead atoms. The van der Waals surface area contributed by atoms with Crippen molar-refractivity contribution in [1.82, 2.24) is 5.32 Å². The van der Waals surface area contributed by atoms with E-state index in [1.165, 1.54) is 48.8 Å². The second-order valence-corrected chi connectivity index (χ2v) is 5.61. The topological polar surface area (TPSA) is 21.3 Å². The molecule has 0 spiro atoms. The standard InChI is InChI=1S/C18H27NO/c1-4-19-18(15-9-7-5-6-8-10-15)16-12-11-14(2)13-17(16)20-3/h9,11-13,18-19H,4-8,10H2,1-3H3. The molecule has 20 heavy (non-hydrogen) atoms. The van der Waals surface area contributed by atoms with Crippen LogP contribution in [0, 0.1) is 6.92 Å². The first-order valence-corrected chi connectivity index (χ1v) is 7.83. The normalized spacial score (nSPS) is 17.2. The maximum absolute atomic E-state index is 5.61. The molecule has 0 aromatic heterocycles. The molecule has 2 heteroatoms. The molecule has 1 aliphatic rings. The van der Waals surface area contributed by atoms with Crippen LogP contribution in [-0.4, -0.2) is 13.7 Å². The number of rotatable bonds is 5. The van der Waals surface area contributed by atoms with Crippen LogP contribution in [0.3, 0.4) is 0 Å². The van der Waals surface area contributed by atoms with Crippen LogP contribution in [0.15, 0.2) is 29.8 Å². The summed E-state index contributed by atoms with van der Waals surface area (Å²) in [6.45, 7) is 5.25. The number of methoxy groups -OCH3 is 1. The summed E-state index contributed by atoms with van der Waals surface area (Å²) in [5.41, 5.74) is 4.05. The smallest absolute Gasteiger partial charge is 0.124 e. The van der Waals surface area contributed by atoms with Gasteiger partial charge in [0.15, 0.2) is 0 Å². The van der Waals surface area contributed by atoms with Crippen LogP contribution < -0.4 is 10.1 Å². The van der Waals surface area contributed by atoms with E-state index in [-0.39, 0.29) is 0 Å². The Morgan fingerprint density at radius 1 is 1.25 bits per heavy atom. The zero-order valence-electron chi connectivity index (χ0n) is 13.0. The predicted molar refractivity (Wildman–Crippen MR) is 85.3 cm³/mol. The Morgan fingerprint density at radius 2 is 2.10 bits per heavy atom. The molecule has 1 aliphatic carbocycles. The van der Waals surface area contributed by atoms with Gasteiger partial charge in [0, 0.05) is 5.56 Å². The highest BCUT2D eigenvalue weighted by Gasteiger charge is 2.20. The first kappa shape index (κ1) is 15.1. The van der Waals surface area contributed by atoms with Gasteiger partial charge in [0.25, 0.3) is 0 Å². The zero-order valence-corrected chi connectivity index (χ0v) is 13.0. The van der Waals surface area contributed by atoms with Crippen molar-refractivity contribution in [2.75, 3.05) is 13.7 Å². The highest BCUT2D eigenvalue weighted by atomic mass is 16.5. The minimum atomic E-state index is 0.300. The second-order valence-electron chi connectivity index (χ2n) is 5.61. The molecule has 110 valence electrons. The van der Waals surface area contributed by atoms with Crippen molar-refractivity contribution in [3.63, 3.8) is 0 Å². The summed E-state index contributed by atoms with van der Waals surface area (Å²) in [4.78, 5) is 0. The molecule has 2 rings (SSSR count). The highest BCUT2D eigenvalue weighted by molar-refractivity contribution is 5.43. The van der Waals surface area contributed by atoms with Crippen molar-refractivity contribution in [1.29, 1.82) is 0 Å². The van der Waals surface area contributed by atoms with Gasteiger partial charge in [-0.1, -0.05) is 37.1 Å². The summed E-state index contributed by atoms with van der Waals surface area (Å²) in [5, 5.41) is 3.64. The highest BCUT2D eigenvalue weighted by Crippen LogP contribution is 2.34. The first-order chi connectivity index (χ1) is 9.76. The van der Waals surface area contributed by atoms with Crippen LogP contribution in [0.2, 0.25) is 0 Å². The van der Waals surface area contributed by atoms with Crippen LogP contribution in [0.1, 0.15) is 56.2 Å². The number of hydrogen-bond donors (Lipinski definition) is 1. The van der Waals surface area contributed by atoms with Crippen LogP contribution in [-0.2, 0) is 0 Å². The largest absolute Gasteiger partial charge is 0.496 e. The Bertz CT molecular complexity index is 464. The number of likely N-dealkylation sites (N-methyl/N-ethyl adjacent to an activating group) is 1. The van der Waals surface area contributed by atoms with E-state index in [0.717, 1.165) is 12.3 Å². The zero-order chi connectivity index (χ0) is 14.4. The number of aryl methyl sites for hydroxylation is 1. The van der Waals surface area contributed by atoms with Gasteiger partial charge in [0.1, 0.15) is 5.75 Å². The average molecular weight is 273 g/mol. The molecule has 1 unspecified atom stereocenters. The van der Waals surface area contributed by atoms with Crippen molar-refractivity contribution >= 4 is 0 Å². The lowest BCUT2D eigenvalue weighted by atomic mass is 9.93. The van der Waals surface area contributed by atoms with Crippen LogP contribution in [0.4, 0.5) is 0 Å². The summed E-state index contributed by atoms with van der Waals surface area (Å²) in [5.74, 6) is 1.00. The third kappa shape index (κ3) is 3.63. The third-order valence-electron chi connectivity index (χ3n) is 4.06. The maximum Gasteiger partial charge on any atom is 0.124 e. The fourth-order valence-corrected chi connectivity index (χ4v) is 3.00. The average Bonchev–Trinajstić information content (AvgIpc) is 2.74. The molecule has 0 heterocycles. The Hall–Kier alpha value is -1.28. The van der Waals surface area contributed by atoms with Crippen molar-refractivity contribution in [2.45, 2.75) is 52.0 Å². The lowest BCUT2D eigenvalue weighted by molar-refractivity contribution is 0.403. The molecule has 1 N–H and O–H groups in total. The number of allylic oxidation sites excluding steroid dienone is 1. The van der Waals surface area contributed by atoms with Gasteiger partial charge in [-0.3, -0.25) is 0 Å². The monoisotopic (exact) mass is 273 g/mol. The van der Waals surface area contributed by atoms with Gasteiger partial charge >= 0.3 is 0 Å². The van der Waals surface area contributed by atoms with E-state index in [2.05, 4.69) is 43.4 Å². The Kier molecular flexibility index (Phi) is 5.66. The lowest BCUT2D eigenvalue weighted by Crippen LogP contribution is -2.23. The van der Waals surface area contributed by atoms with Crippen molar-refractivity contribution < 1.29 is 4.74 Å². The molecular formula is C18H27NO. The molecule has 0 aliphatic heterocycles. The predicted octanol–water partition coefficient (Wildman–Crippen LogP) is 4.54. The number of benzene rings is 1. The molecular weight excluding hydrogens is 246 g/mol. The van der Waals surface area contributed by atoms with E-state index in [0.29, 0.717) is 6.04 Å². The fourth-order valence-electron chi connectivity index (χ4n) is 3.00. The van der Waals surface area contributed by atoms with Crippen molar-refractivity contribution in [3.8, 4) is 5.75 Å². The van der Waals surface area contributed by atoms with E-state index in [1.54, 1.807) is 7.11 Å². The van der Waals surface area contributed by atoms with E-state index >= 15 is 0 Å². The number of ether oxygens (including phenoxy) is 1. The quantitative estimate of drug-likeness (QED) is 0.795. The van der Waals surface area contributed by atoms with Gasteiger partial charge in [0.05, 0.1) is 13.2 Å². The van der Waals surface area contributed by atoms with Crippen LogP contribution in [0.5, 0.6) is 5.75 Å². The minimum absolute atomic E-state index is 0.300. The van der Waals surface area contributed by atoms with Crippen molar-refractivity contribution in [3.05, 3.63) is 41.0 Å². The van der Waals surface area contributed by atoms with E-state index in [4.69, 9.17) is 4.74 Å². The number of nitrogens with one attached hydrogen (secondary N) is 1. The van der Waals surface area contributed by atoms with Gasteiger partial charge in [-0.15, -0.1) is 0 Å². The summed E-state index contributed by atoms with van der Waals surface area (Å²) in [7, 11) is 1.77. The Morgan fingerprint density at radius 3 is 2.85 bits per heavy atom. The molecule has 0 saturated carbocycles. The summed E-state index contributed by atoms with van der Waals surface area (Å²) < 4.78 is 5.61. The van der Waals surface area contributed by atoms with Gasteiger partial charge in [0.2, 0.25) is 0 Å². The molecule has 1 aromatic rings. The molecule has 1 atom stereocenters. The SMILES string of the molecule is CCNC(C1=CCCCCC1)c1ccc(C)cc1OC. The van der Waals surface area contributed by atoms with Crippen molar-refractivity contribution in [2.24, 2.45) is 0 Å². The van der Waals surface area contributed by atoms with Gasteiger partial charge in [-0.25, -0.2) is 0 Å². The summed E-state index contributed by atoms with van der Waals surface area (Å²) >= 11 is 0. The summed E-state index contributed by atoms with van der Waals surface area (Å²) in [6, 6.07) is 6.83. The second kappa shape index (κ2) is 7.49. The third-order valence-corrected chi connectivity index (χ3v) is 4.06. The molecule has 0 saturated heterocycles. The van der Waals surface area contributed by atoms with Gasteiger partial charge in [-0.05, 0) is 50.8 Å². The first-order valence-electron chi connectivity index (χ1n) is 7.83. The molecule has 0 radical (unpaired) electrons. The lowest BCUT2D eigenvalue weighted by Gasteiger charge is -2.24. The van der Waals surface area contributed by atoms with Gasteiger partial charge < -0.3 is 10.1 Å². The maximum atomic E-state index is 5.61. The van der Waals surface area contributed by atoms with Crippen LogP contribution >= 0.6 is 0 Å². The minimum Gasteiger partial charge on any atom is -0.496 e. The molecule has 2 nitrogen and oxygen atoms in total. The number of hydrogen-bond acceptors (Lipinski definition) is 2. The fraction of sp³-hybridized carbons (Fsp3) is 0.556. The summed E-state index contributed by atoms with van der Waals surface area (Å²) in [6.07, 6.45) is 8.85. The van der Waals surface area contributed by atoms with Crippen LogP contribution in [0.25, 0.3) is 0 Å². The Balaban J connectivity index is 2.34. The van der Waals surface area contributed by atoms with E-state index in [1.807, 2.05) is 0 Å². The van der Waals surface area contributed by atoms with E-state index in [9.17, 15) is 0 Å². The molecule has 0 amide bonds.